The van der Waals surface area contributed by atoms with Gasteiger partial charge in [0, 0.05) is 0 Å². The third-order valence-corrected chi connectivity index (χ3v) is 1.92. The first-order chi connectivity index (χ1) is 6.97. The minimum Gasteiger partial charge on any atom is -0.502 e. The van der Waals surface area contributed by atoms with Crippen LogP contribution in [-0.2, 0) is 0 Å². The monoisotopic (exact) mass is 233 g/mol. The first-order valence-electron chi connectivity index (χ1n) is 3.73. The molecule has 80 valence electrons. The number of nitro benzene ring substituents is 1. The van der Waals surface area contributed by atoms with Crippen molar-refractivity contribution in [1.82, 2.24) is 0 Å². The summed E-state index contributed by atoms with van der Waals surface area (Å²) in [6, 6.07) is 1.23. The number of rotatable bonds is 3. The van der Waals surface area contributed by atoms with Crippen LogP contribution in [-0.4, -0.2) is 21.7 Å². The molecule has 0 saturated carbocycles. The molecule has 1 rings (SSSR count). The molecule has 1 aromatic rings. The molecule has 0 unspecified atom stereocenters. The largest absolute Gasteiger partial charge is 0.502 e. The molecule has 0 fully saturated rings. The van der Waals surface area contributed by atoms with Gasteiger partial charge in [0.15, 0.2) is 5.78 Å². The van der Waals surface area contributed by atoms with Gasteiger partial charge in [0.25, 0.3) is 0 Å². The SMILES string of the molecule is O=C(CCl)c1cc(F)cc([N+](=O)[O-])c1O. The molecule has 5 nitrogen and oxygen atoms in total. The van der Waals surface area contributed by atoms with Gasteiger partial charge in [0.1, 0.15) is 5.82 Å². The number of hydrogen-bond acceptors (Lipinski definition) is 4. The van der Waals surface area contributed by atoms with Crippen molar-refractivity contribution in [2.45, 2.75) is 0 Å². The summed E-state index contributed by atoms with van der Waals surface area (Å²) >= 11 is 5.19. The van der Waals surface area contributed by atoms with Gasteiger partial charge in [-0.1, -0.05) is 0 Å². The van der Waals surface area contributed by atoms with E-state index in [0.717, 1.165) is 0 Å². The average Bonchev–Trinajstić information content (AvgIpc) is 2.19. The number of benzene rings is 1. The Labute approximate surface area is 88.2 Å². The molecule has 15 heavy (non-hydrogen) atoms. The van der Waals surface area contributed by atoms with Gasteiger partial charge in [-0.15, -0.1) is 11.6 Å². The Morgan fingerprint density at radius 3 is 2.67 bits per heavy atom. The van der Waals surface area contributed by atoms with Crippen molar-refractivity contribution in [3.05, 3.63) is 33.6 Å². The normalized spacial score (nSPS) is 10.0. The number of ketones is 1. The molecule has 0 spiro atoms. The summed E-state index contributed by atoms with van der Waals surface area (Å²) in [6.07, 6.45) is 0. The van der Waals surface area contributed by atoms with Crippen LogP contribution in [0.15, 0.2) is 12.1 Å². The van der Waals surface area contributed by atoms with Gasteiger partial charge >= 0.3 is 5.69 Å². The number of phenolic OH excluding ortho intramolecular Hbond substituents is 1. The molecule has 0 aromatic heterocycles. The minimum absolute atomic E-state index is 0.489. The van der Waals surface area contributed by atoms with Gasteiger partial charge in [-0.05, 0) is 6.07 Å². The van der Waals surface area contributed by atoms with E-state index in [9.17, 15) is 24.4 Å². The van der Waals surface area contributed by atoms with Crippen LogP contribution in [0.4, 0.5) is 10.1 Å². The van der Waals surface area contributed by atoms with Gasteiger partial charge in [-0.2, -0.15) is 0 Å². The van der Waals surface area contributed by atoms with Gasteiger partial charge in [0.05, 0.1) is 22.4 Å². The molecule has 0 heterocycles. The zero-order valence-corrected chi connectivity index (χ0v) is 7.99. The lowest BCUT2D eigenvalue weighted by atomic mass is 10.1. The van der Waals surface area contributed by atoms with Crippen LogP contribution in [0.2, 0.25) is 0 Å². The topological polar surface area (TPSA) is 80.4 Å². The van der Waals surface area contributed by atoms with E-state index >= 15 is 0 Å². The second-order valence-corrected chi connectivity index (χ2v) is 2.90. The Bertz CT molecular complexity index is 435. The van der Waals surface area contributed by atoms with E-state index in [4.69, 9.17) is 11.6 Å². The van der Waals surface area contributed by atoms with Gasteiger partial charge in [0.2, 0.25) is 5.75 Å². The van der Waals surface area contributed by atoms with Crippen LogP contribution in [0.3, 0.4) is 0 Å². The lowest BCUT2D eigenvalue weighted by Gasteiger charge is -2.02. The highest BCUT2D eigenvalue weighted by Gasteiger charge is 2.22. The van der Waals surface area contributed by atoms with Crippen LogP contribution in [0.5, 0.6) is 5.75 Å². The first kappa shape index (κ1) is 11.4. The third kappa shape index (κ3) is 2.21. The summed E-state index contributed by atoms with van der Waals surface area (Å²) in [5.41, 5.74) is -1.35. The fourth-order valence-corrected chi connectivity index (χ4v) is 1.15. The van der Waals surface area contributed by atoms with Crippen LogP contribution in [0.1, 0.15) is 10.4 Å². The molecular weight excluding hydrogens is 229 g/mol. The Kier molecular flexibility index (Phi) is 3.21. The number of nitrogens with zero attached hydrogens (tertiary/aromatic N) is 1. The first-order valence-corrected chi connectivity index (χ1v) is 4.27. The lowest BCUT2D eigenvalue weighted by Crippen LogP contribution is -2.03. The summed E-state index contributed by atoms with van der Waals surface area (Å²) in [5, 5.41) is 19.7. The third-order valence-electron chi connectivity index (χ3n) is 1.67. The molecule has 1 aromatic carbocycles. The van der Waals surface area contributed by atoms with Crippen molar-refractivity contribution in [3.63, 3.8) is 0 Å². The number of Topliss-reactive ketones (excluding diaryl/α,β-unsaturated/α-hetero) is 1. The summed E-state index contributed by atoms with van der Waals surface area (Å²) in [6.45, 7) is 0. The Balaban J connectivity index is 3.41. The smallest absolute Gasteiger partial charge is 0.314 e. The highest BCUT2D eigenvalue weighted by atomic mass is 35.5. The second-order valence-electron chi connectivity index (χ2n) is 2.63. The number of carbonyl (C=O) groups is 1. The van der Waals surface area contributed by atoms with Crippen LogP contribution >= 0.6 is 11.6 Å². The average molecular weight is 234 g/mol. The zero-order chi connectivity index (χ0) is 11.6. The zero-order valence-electron chi connectivity index (χ0n) is 7.24. The van der Waals surface area contributed by atoms with E-state index in [0.29, 0.717) is 12.1 Å². The van der Waals surface area contributed by atoms with Crippen molar-refractivity contribution in [2.24, 2.45) is 0 Å². The predicted molar refractivity (Wildman–Crippen MR) is 49.8 cm³/mol. The molecule has 0 aliphatic carbocycles. The number of alkyl halides is 1. The van der Waals surface area contributed by atoms with Crippen molar-refractivity contribution < 1.29 is 19.2 Å². The predicted octanol–water partition coefficient (Wildman–Crippen LogP) is 1.86. The fourth-order valence-electron chi connectivity index (χ4n) is 1.01. The van der Waals surface area contributed by atoms with E-state index in [2.05, 4.69) is 0 Å². The highest BCUT2D eigenvalue weighted by molar-refractivity contribution is 6.30. The Hall–Kier alpha value is -1.69. The Morgan fingerprint density at radius 2 is 2.20 bits per heavy atom. The molecule has 0 amide bonds. The molecule has 1 N–H and O–H groups in total. The molecule has 0 aliphatic rings. The van der Waals surface area contributed by atoms with E-state index < -0.39 is 39.4 Å². The maximum absolute atomic E-state index is 12.9. The fraction of sp³-hybridized carbons (Fsp3) is 0.125. The number of nitro groups is 1. The quantitative estimate of drug-likeness (QED) is 0.374. The van der Waals surface area contributed by atoms with Gasteiger partial charge < -0.3 is 5.11 Å². The van der Waals surface area contributed by atoms with Crippen LogP contribution in [0, 0.1) is 15.9 Å². The molecule has 7 heteroatoms. The standard InChI is InChI=1S/C8H5ClFNO4/c9-3-7(12)5-1-4(10)2-6(8(5)13)11(14)15/h1-2,13H,3H2. The molecule has 0 atom stereocenters. The van der Waals surface area contributed by atoms with Crippen molar-refractivity contribution in [1.29, 1.82) is 0 Å². The second kappa shape index (κ2) is 4.22. The van der Waals surface area contributed by atoms with E-state index in [1.165, 1.54) is 0 Å². The lowest BCUT2D eigenvalue weighted by molar-refractivity contribution is -0.386. The molecular formula is C8H5ClFNO4. The number of hydrogen-bond donors (Lipinski definition) is 1. The van der Waals surface area contributed by atoms with Crippen molar-refractivity contribution >= 4 is 23.1 Å². The molecule has 0 radical (unpaired) electrons. The van der Waals surface area contributed by atoms with Crippen molar-refractivity contribution in [3.8, 4) is 5.75 Å². The maximum atomic E-state index is 12.9. The van der Waals surface area contributed by atoms with Crippen LogP contribution in [0.25, 0.3) is 0 Å². The summed E-state index contributed by atoms with van der Waals surface area (Å²) in [4.78, 5) is 20.5. The summed E-state index contributed by atoms with van der Waals surface area (Å²) < 4.78 is 12.9. The van der Waals surface area contributed by atoms with Gasteiger partial charge in [-0.3, -0.25) is 14.9 Å². The Morgan fingerprint density at radius 1 is 1.60 bits per heavy atom. The highest BCUT2D eigenvalue weighted by Crippen LogP contribution is 2.31. The summed E-state index contributed by atoms with van der Waals surface area (Å²) in [7, 11) is 0. The molecule has 0 aliphatic heterocycles. The maximum Gasteiger partial charge on any atom is 0.314 e. The van der Waals surface area contributed by atoms with Crippen molar-refractivity contribution in [2.75, 3.05) is 5.88 Å². The number of carbonyl (C=O) groups excluding carboxylic acids is 1. The summed E-state index contributed by atoms with van der Waals surface area (Å²) in [5.74, 6) is -3.12. The van der Waals surface area contributed by atoms with E-state index in [1.54, 1.807) is 0 Å². The van der Waals surface area contributed by atoms with Crippen LogP contribution < -0.4 is 0 Å². The van der Waals surface area contributed by atoms with E-state index in [-0.39, 0.29) is 0 Å². The van der Waals surface area contributed by atoms with Gasteiger partial charge in [-0.25, -0.2) is 4.39 Å². The number of phenols is 1. The minimum atomic E-state index is -0.983. The number of aromatic hydroxyl groups is 1. The number of halogens is 2. The molecule has 0 bridgehead atoms. The van der Waals surface area contributed by atoms with E-state index in [1.807, 2.05) is 0 Å². The molecule has 0 saturated heterocycles.